The van der Waals surface area contributed by atoms with Gasteiger partial charge in [-0.15, -0.1) is 0 Å². The molecule has 0 saturated heterocycles. The van der Waals surface area contributed by atoms with E-state index >= 15 is 0 Å². The van der Waals surface area contributed by atoms with Crippen molar-refractivity contribution in [2.75, 3.05) is 19.4 Å². The molecule has 1 aliphatic carbocycles. The first-order chi connectivity index (χ1) is 10.0. The van der Waals surface area contributed by atoms with E-state index in [0.717, 1.165) is 12.2 Å². The SMILES string of the molecule is Cc1ccc(NC(=O)CC2CCCCC2)c(CN(C)C)c1. The van der Waals surface area contributed by atoms with Crippen molar-refractivity contribution in [2.24, 2.45) is 5.92 Å². The van der Waals surface area contributed by atoms with E-state index in [-0.39, 0.29) is 5.91 Å². The van der Waals surface area contributed by atoms with Gasteiger partial charge in [0.15, 0.2) is 0 Å². The van der Waals surface area contributed by atoms with Gasteiger partial charge in [-0.2, -0.15) is 0 Å². The molecule has 1 fully saturated rings. The van der Waals surface area contributed by atoms with Crippen LogP contribution in [0.5, 0.6) is 0 Å². The summed E-state index contributed by atoms with van der Waals surface area (Å²) in [4.78, 5) is 14.4. The van der Waals surface area contributed by atoms with E-state index in [1.54, 1.807) is 0 Å². The van der Waals surface area contributed by atoms with Crippen LogP contribution >= 0.6 is 0 Å². The summed E-state index contributed by atoms with van der Waals surface area (Å²) in [7, 11) is 4.10. The molecule has 1 aromatic rings. The smallest absolute Gasteiger partial charge is 0.224 e. The minimum absolute atomic E-state index is 0.172. The van der Waals surface area contributed by atoms with Gasteiger partial charge in [0.2, 0.25) is 5.91 Å². The molecule has 0 heterocycles. The Bertz CT molecular complexity index is 476. The minimum Gasteiger partial charge on any atom is -0.326 e. The van der Waals surface area contributed by atoms with Gasteiger partial charge < -0.3 is 10.2 Å². The third-order valence-corrected chi connectivity index (χ3v) is 4.22. The predicted molar refractivity (Wildman–Crippen MR) is 88.4 cm³/mol. The number of anilines is 1. The average Bonchev–Trinajstić information content (AvgIpc) is 2.42. The largest absolute Gasteiger partial charge is 0.326 e. The summed E-state index contributed by atoms with van der Waals surface area (Å²) in [6.07, 6.45) is 7.01. The first-order valence-corrected chi connectivity index (χ1v) is 8.08. The second-order valence-electron chi connectivity index (χ2n) is 6.65. The maximum Gasteiger partial charge on any atom is 0.224 e. The van der Waals surface area contributed by atoms with Crippen LogP contribution in [0, 0.1) is 12.8 Å². The molecule has 116 valence electrons. The molecule has 2 rings (SSSR count). The van der Waals surface area contributed by atoms with Crippen molar-refractivity contribution < 1.29 is 4.79 Å². The van der Waals surface area contributed by atoms with Gasteiger partial charge in [0.25, 0.3) is 0 Å². The highest BCUT2D eigenvalue weighted by Crippen LogP contribution is 2.27. The lowest BCUT2D eigenvalue weighted by molar-refractivity contribution is -0.117. The van der Waals surface area contributed by atoms with Crippen molar-refractivity contribution in [3.63, 3.8) is 0 Å². The number of hydrogen-bond donors (Lipinski definition) is 1. The quantitative estimate of drug-likeness (QED) is 0.889. The Labute approximate surface area is 128 Å². The number of rotatable bonds is 5. The van der Waals surface area contributed by atoms with Crippen LogP contribution in [0.25, 0.3) is 0 Å². The van der Waals surface area contributed by atoms with Crippen LogP contribution in [0.2, 0.25) is 0 Å². The zero-order valence-corrected chi connectivity index (χ0v) is 13.6. The second-order valence-corrected chi connectivity index (χ2v) is 6.65. The number of amides is 1. The topological polar surface area (TPSA) is 32.3 Å². The molecule has 1 saturated carbocycles. The lowest BCUT2D eigenvalue weighted by Gasteiger charge is -2.21. The molecule has 3 heteroatoms. The molecule has 1 amide bonds. The number of aryl methyl sites for hydroxylation is 1. The van der Waals surface area contributed by atoms with Crippen LogP contribution in [-0.4, -0.2) is 24.9 Å². The van der Waals surface area contributed by atoms with E-state index in [1.165, 1.54) is 43.2 Å². The zero-order chi connectivity index (χ0) is 15.2. The number of benzene rings is 1. The maximum atomic E-state index is 12.3. The molecule has 1 aromatic carbocycles. The highest BCUT2D eigenvalue weighted by molar-refractivity contribution is 5.91. The molecule has 21 heavy (non-hydrogen) atoms. The van der Waals surface area contributed by atoms with Gasteiger partial charge in [-0.3, -0.25) is 4.79 Å². The molecular formula is C18H28N2O. The molecule has 0 radical (unpaired) electrons. The Hall–Kier alpha value is -1.35. The fraction of sp³-hybridized carbons (Fsp3) is 0.611. The van der Waals surface area contributed by atoms with E-state index in [1.807, 2.05) is 6.07 Å². The average molecular weight is 288 g/mol. The van der Waals surface area contributed by atoms with E-state index in [4.69, 9.17) is 0 Å². The summed E-state index contributed by atoms with van der Waals surface area (Å²) in [5.74, 6) is 0.757. The summed E-state index contributed by atoms with van der Waals surface area (Å²) in [5, 5.41) is 3.12. The number of nitrogens with zero attached hydrogens (tertiary/aromatic N) is 1. The van der Waals surface area contributed by atoms with Crippen molar-refractivity contribution in [1.29, 1.82) is 0 Å². The number of carbonyl (C=O) groups excluding carboxylic acids is 1. The van der Waals surface area contributed by atoms with Crippen molar-refractivity contribution >= 4 is 11.6 Å². The van der Waals surface area contributed by atoms with Crippen LogP contribution in [0.3, 0.4) is 0 Å². The molecule has 0 aromatic heterocycles. The summed E-state index contributed by atoms with van der Waals surface area (Å²) >= 11 is 0. The van der Waals surface area contributed by atoms with Crippen LogP contribution in [0.4, 0.5) is 5.69 Å². The van der Waals surface area contributed by atoms with Gasteiger partial charge in [0.05, 0.1) is 0 Å². The standard InChI is InChI=1S/C18H28N2O/c1-14-9-10-17(16(11-14)13-20(2)3)19-18(21)12-15-7-5-4-6-8-15/h9-11,15H,4-8,12-13H2,1-3H3,(H,19,21). The highest BCUT2D eigenvalue weighted by atomic mass is 16.1. The molecule has 1 N–H and O–H groups in total. The lowest BCUT2D eigenvalue weighted by Crippen LogP contribution is -2.20. The fourth-order valence-electron chi connectivity index (χ4n) is 3.17. The first-order valence-electron chi connectivity index (χ1n) is 8.08. The fourth-order valence-corrected chi connectivity index (χ4v) is 3.17. The Morgan fingerprint density at radius 2 is 1.95 bits per heavy atom. The van der Waals surface area contributed by atoms with E-state index in [9.17, 15) is 4.79 Å². The number of hydrogen-bond acceptors (Lipinski definition) is 2. The van der Waals surface area contributed by atoms with Gasteiger partial charge in [-0.1, -0.05) is 37.0 Å². The second kappa shape index (κ2) is 7.60. The summed E-state index contributed by atoms with van der Waals surface area (Å²) in [6, 6.07) is 6.26. The molecule has 0 bridgehead atoms. The molecule has 1 aliphatic rings. The minimum atomic E-state index is 0.172. The van der Waals surface area contributed by atoms with Gasteiger partial charge >= 0.3 is 0 Å². The predicted octanol–water partition coefficient (Wildman–Crippen LogP) is 3.97. The van der Waals surface area contributed by atoms with E-state index < -0.39 is 0 Å². The third kappa shape index (κ3) is 5.16. The van der Waals surface area contributed by atoms with Gasteiger partial charge in [0, 0.05) is 18.7 Å². The molecule has 0 atom stereocenters. The molecule has 0 unspecified atom stereocenters. The first kappa shape index (κ1) is 16.0. The van der Waals surface area contributed by atoms with Crippen LogP contribution in [-0.2, 0) is 11.3 Å². The zero-order valence-electron chi connectivity index (χ0n) is 13.6. The summed E-state index contributed by atoms with van der Waals surface area (Å²) < 4.78 is 0. The summed E-state index contributed by atoms with van der Waals surface area (Å²) in [6.45, 7) is 2.94. The van der Waals surface area contributed by atoms with E-state index in [2.05, 4.69) is 43.4 Å². The van der Waals surface area contributed by atoms with Gasteiger partial charge in [0.1, 0.15) is 0 Å². The van der Waals surface area contributed by atoms with E-state index in [0.29, 0.717) is 12.3 Å². The Morgan fingerprint density at radius 1 is 1.24 bits per heavy atom. The number of carbonyl (C=O) groups is 1. The molecular weight excluding hydrogens is 260 g/mol. The van der Waals surface area contributed by atoms with Crippen molar-refractivity contribution in [3.05, 3.63) is 29.3 Å². The lowest BCUT2D eigenvalue weighted by atomic mass is 9.87. The Kier molecular flexibility index (Phi) is 5.80. The van der Waals surface area contributed by atoms with Crippen molar-refractivity contribution in [3.8, 4) is 0 Å². The van der Waals surface area contributed by atoms with Crippen LogP contribution in [0.15, 0.2) is 18.2 Å². The Morgan fingerprint density at radius 3 is 2.62 bits per heavy atom. The van der Waals surface area contributed by atoms with Crippen LogP contribution < -0.4 is 5.32 Å². The Balaban J connectivity index is 1.98. The van der Waals surface area contributed by atoms with Crippen molar-refractivity contribution in [2.45, 2.75) is 52.0 Å². The maximum absolute atomic E-state index is 12.3. The monoisotopic (exact) mass is 288 g/mol. The molecule has 0 aliphatic heterocycles. The highest BCUT2D eigenvalue weighted by Gasteiger charge is 2.17. The normalized spacial score (nSPS) is 16.2. The molecule has 0 spiro atoms. The van der Waals surface area contributed by atoms with Crippen LogP contribution in [0.1, 0.15) is 49.7 Å². The van der Waals surface area contributed by atoms with Gasteiger partial charge in [-0.05, 0) is 51.4 Å². The van der Waals surface area contributed by atoms with Gasteiger partial charge in [-0.25, -0.2) is 0 Å². The van der Waals surface area contributed by atoms with Crippen molar-refractivity contribution in [1.82, 2.24) is 4.90 Å². The summed E-state index contributed by atoms with van der Waals surface area (Å²) in [5.41, 5.74) is 3.39. The third-order valence-electron chi connectivity index (χ3n) is 4.22. The molecule has 3 nitrogen and oxygen atoms in total. The number of nitrogens with one attached hydrogen (secondary N) is 1.